The molecule has 0 bridgehead atoms. The van der Waals surface area contributed by atoms with Gasteiger partial charge in [0.2, 0.25) is 5.91 Å². The third-order valence-electron chi connectivity index (χ3n) is 4.25. The number of hydrogen-bond acceptors (Lipinski definition) is 2. The van der Waals surface area contributed by atoms with Gasteiger partial charge in [0.15, 0.2) is 0 Å². The van der Waals surface area contributed by atoms with E-state index < -0.39 is 5.91 Å². The van der Waals surface area contributed by atoms with Crippen LogP contribution in [0.3, 0.4) is 0 Å². The van der Waals surface area contributed by atoms with Crippen LogP contribution in [-0.4, -0.2) is 11.9 Å². The lowest BCUT2D eigenvalue weighted by molar-refractivity contribution is 0.1000. The first-order valence-corrected chi connectivity index (χ1v) is 7.39. The Labute approximate surface area is 119 Å². The maximum Gasteiger partial charge on any atom is 0.248 e. The number of hydrogen-bond donors (Lipinski definition) is 2. The molecule has 1 aromatic carbocycles. The van der Waals surface area contributed by atoms with Crippen molar-refractivity contribution in [3.63, 3.8) is 0 Å². The largest absolute Gasteiger partial charge is 0.366 e. The van der Waals surface area contributed by atoms with E-state index in [0.29, 0.717) is 24.1 Å². The number of nitrogens with two attached hydrogens (primary N) is 1. The number of carbonyl (C=O) groups excluding carboxylic acids is 1. The third-order valence-corrected chi connectivity index (χ3v) is 4.25. The van der Waals surface area contributed by atoms with Crippen LogP contribution in [0.15, 0.2) is 18.2 Å². The van der Waals surface area contributed by atoms with Crippen LogP contribution in [0, 0.1) is 11.7 Å². The van der Waals surface area contributed by atoms with E-state index in [-0.39, 0.29) is 11.4 Å². The van der Waals surface area contributed by atoms with E-state index in [1.807, 2.05) is 0 Å². The molecule has 0 aromatic heterocycles. The molecule has 3 nitrogen and oxygen atoms in total. The molecule has 2 rings (SSSR count). The van der Waals surface area contributed by atoms with Gasteiger partial charge >= 0.3 is 0 Å². The van der Waals surface area contributed by atoms with Crippen LogP contribution in [0.25, 0.3) is 0 Å². The van der Waals surface area contributed by atoms with E-state index in [9.17, 15) is 9.18 Å². The fourth-order valence-corrected chi connectivity index (χ4v) is 2.88. The van der Waals surface area contributed by atoms with E-state index in [2.05, 4.69) is 12.2 Å². The lowest BCUT2D eigenvalue weighted by Gasteiger charge is -2.23. The lowest BCUT2D eigenvalue weighted by Crippen LogP contribution is -2.34. The third kappa shape index (κ3) is 3.79. The summed E-state index contributed by atoms with van der Waals surface area (Å²) in [5, 5.41) is 3.46. The predicted octanol–water partition coefficient (Wildman–Crippen LogP) is 2.98. The molecule has 1 aromatic rings. The molecule has 1 saturated carbocycles. The van der Waals surface area contributed by atoms with Crippen molar-refractivity contribution >= 4 is 5.91 Å². The number of amides is 1. The molecule has 20 heavy (non-hydrogen) atoms. The summed E-state index contributed by atoms with van der Waals surface area (Å²) in [5.41, 5.74) is 5.94. The zero-order chi connectivity index (χ0) is 14.5. The average Bonchev–Trinajstić information content (AvgIpc) is 2.62. The summed E-state index contributed by atoms with van der Waals surface area (Å²) in [6.07, 6.45) is 6.22. The van der Waals surface area contributed by atoms with Gasteiger partial charge in [0.1, 0.15) is 5.82 Å². The molecule has 1 amide bonds. The molecule has 1 fully saturated rings. The second-order valence-electron chi connectivity index (χ2n) is 5.77. The Morgan fingerprint density at radius 2 is 2.10 bits per heavy atom. The minimum absolute atomic E-state index is 0.217. The van der Waals surface area contributed by atoms with Crippen molar-refractivity contribution in [3.05, 3.63) is 35.1 Å². The molecule has 0 radical (unpaired) electrons. The van der Waals surface area contributed by atoms with Crippen molar-refractivity contribution in [2.75, 3.05) is 0 Å². The fraction of sp³-hybridized carbons (Fsp3) is 0.562. The van der Waals surface area contributed by atoms with Crippen LogP contribution in [-0.2, 0) is 6.54 Å². The maximum absolute atomic E-state index is 13.9. The topological polar surface area (TPSA) is 55.1 Å². The van der Waals surface area contributed by atoms with Gasteiger partial charge in [-0.25, -0.2) is 4.39 Å². The summed E-state index contributed by atoms with van der Waals surface area (Å²) < 4.78 is 13.9. The molecule has 3 N–H and O–H groups in total. The molecule has 1 aliphatic carbocycles. The molecule has 0 heterocycles. The van der Waals surface area contributed by atoms with Crippen molar-refractivity contribution in [1.29, 1.82) is 0 Å². The first-order valence-electron chi connectivity index (χ1n) is 7.39. The zero-order valence-corrected chi connectivity index (χ0v) is 12.0. The van der Waals surface area contributed by atoms with Crippen LogP contribution < -0.4 is 11.1 Å². The molecular formula is C16H23FN2O. The number of primary amides is 1. The van der Waals surface area contributed by atoms with E-state index >= 15 is 0 Å². The van der Waals surface area contributed by atoms with E-state index in [1.54, 1.807) is 12.1 Å². The number of carbonyl (C=O) groups is 1. The highest BCUT2D eigenvalue weighted by molar-refractivity contribution is 5.92. The number of halogens is 1. The number of benzene rings is 1. The van der Waals surface area contributed by atoms with Crippen LogP contribution in [0.5, 0.6) is 0 Å². The summed E-state index contributed by atoms with van der Waals surface area (Å²) in [5.74, 6) is -0.332. The summed E-state index contributed by atoms with van der Waals surface area (Å²) >= 11 is 0. The van der Waals surface area contributed by atoms with E-state index in [1.165, 1.54) is 31.7 Å². The fourth-order valence-electron chi connectivity index (χ4n) is 2.88. The monoisotopic (exact) mass is 278 g/mol. The second-order valence-corrected chi connectivity index (χ2v) is 5.77. The van der Waals surface area contributed by atoms with Gasteiger partial charge in [-0.05, 0) is 30.9 Å². The van der Waals surface area contributed by atoms with Crippen molar-refractivity contribution < 1.29 is 9.18 Å². The number of nitrogens with one attached hydrogen (secondary N) is 1. The van der Waals surface area contributed by atoms with Gasteiger partial charge in [0.25, 0.3) is 0 Å². The smallest absolute Gasteiger partial charge is 0.248 e. The van der Waals surface area contributed by atoms with Crippen molar-refractivity contribution in [2.24, 2.45) is 11.7 Å². The van der Waals surface area contributed by atoms with Crippen LogP contribution in [0.1, 0.15) is 54.9 Å². The molecule has 0 spiro atoms. The molecule has 2 atom stereocenters. The summed E-state index contributed by atoms with van der Waals surface area (Å²) in [6.45, 7) is 2.76. The Hall–Kier alpha value is -1.42. The minimum atomic E-state index is -0.596. The molecule has 1 aliphatic rings. The molecule has 0 aliphatic heterocycles. The second kappa shape index (κ2) is 6.84. The minimum Gasteiger partial charge on any atom is -0.366 e. The average molecular weight is 278 g/mol. The van der Waals surface area contributed by atoms with Gasteiger partial charge in [-0.1, -0.05) is 32.3 Å². The van der Waals surface area contributed by atoms with E-state index in [0.717, 1.165) is 6.42 Å². The van der Waals surface area contributed by atoms with Crippen molar-refractivity contribution in [3.8, 4) is 0 Å². The molecule has 4 heteroatoms. The van der Waals surface area contributed by atoms with Gasteiger partial charge in [0, 0.05) is 23.7 Å². The molecule has 0 saturated heterocycles. The Morgan fingerprint density at radius 1 is 1.35 bits per heavy atom. The maximum atomic E-state index is 13.9. The standard InChI is InChI=1S/C16H23FN2O/c1-11-5-3-2-4-6-15(11)19-10-13-8-7-12(16(18)20)9-14(13)17/h7-9,11,15,19H,2-6,10H2,1H3,(H2,18,20). The molecule has 2 unspecified atom stereocenters. The first-order chi connectivity index (χ1) is 9.58. The van der Waals surface area contributed by atoms with E-state index in [4.69, 9.17) is 5.73 Å². The van der Waals surface area contributed by atoms with Crippen molar-refractivity contribution in [2.45, 2.75) is 51.6 Å². The Kier molecular flexibility index (Phi) is 5.12. The molecule has 110 valence electrons. The van der Waals surface area contributed by atoms with Gasteiger partial charge in [-0.2, -0.15) is 0 Å². The first kappa shape index (κ1) is 15.0. The quantitative estimate of drug-likeness (QED) is 0.832. The van der Waals surface area contributed by atoms with Crippen LogP contribution >= 0.6 is 0 Å². The summed E-state index contributed by atoms with van der Waals surface area (Å²) in [4.78, 5) is 11.0. The lowest BCUT2D eigenvalue weighted by atomic mass is 9.96. The Bertz CT molecular complexity index is 476. The predicted molar refractivity (Wildman–Crippen MR) is 77.8 cm³/mol. The highest BCUT2D eigenvalue weighted by atomic mass is 19.1. The summed E-state index contributed by atoms with van der Waals surface area (Å²) in [6, 6.07) is 4.89. The highest BCUT2D eigenvalue weighted by Gasteiger charge is 2.19. The normalized spacial score (nSPS) is 23.3. The van der Waals surface area contributed by atoms with Gasteiger partial charge < -0.3 is 11.1 Å². The van der Waals surface area contributed by atoms with Crippen molar-refractivity contribution in [1.82, 2.24) is 5.32 Å². The SMILES string of the molecule is CC1CCCCCC1NCc1ccc(C(N)=O)cc1F. The van der Waals surface area contributed by atoms with Crippen LogP contribution in [0.4, 0.5) is 4.39 Å². The zero-order valence-electron chi connectivity index (χ0n) is 12.0. The van der Waals surface area contributed by atoms with Gasteiger partial charge in [-0.15, -0.1) is 0 Å². The Balaban J connectivity index is 1.97. The van der Waals surface area contributed by atoms with Gasteiger partial charge in [0.05, 0.1) is 0 Å². The summed E-state index contributed by atoms with van der Waals surface area (Å²) in [7, 11) is 0. The molecular weight excluding hydrogens is 255 g/mol. The van der Waals surface area contributed by atoms with Gasteiger partial charge in [-0.3, -0.25) is 4.79 Å². The van der Waals surface area contributed by atoms with Crippen LogP contribution in [0.2, 0.25) is 0 Å². The Morgan fingerprint density at radius 3 is 2.80 bits per heavy atom. The number of rotatable bonds is 4. The highest BCUT2D eigenvalue weighted by Crippen LogP contribution is 2.23.